The molecule has 0 bridgehead atoms. The van der Waals surface area contributed by atoms with Crippen LogP contribution in [0.5, 0.6) is 5.75 Å². The number of benzene rings is 1. The van der Waals surface area contributed by atoms with Crippen molar-refractivity contribution in [3.63, 3.8) is 0 Å². The van der Waals surface area contributed by atoms with Crippen molar-refractivity contribution in [3.05, 3.63) is 47.0 Å². The molecule has 1 aromatic carbocycles. The lowest BCUT2D eigenvalue weighted by Gasteiger charge is -2.33. The summed E-state index contributed by atoms with van der Waals surface area (Å²) in [5, 5.41) is 11.4. The molecule has 9 heteroatoms. The second kappa shape index (κ2) is 14.5. The molecule has 1 saturated heterocycles. The fourth-order valence-corrected chi connectivity index (χ4v) is 3.95. The minimum absolute atomic E-state index is 0.0449. The first kappa shape index (κ1) is 27.5. The van der Waals surface area contributed by atoms with Crippen LogP contribution in [0.15, 0.2) is 51.4 Å². The number of nitrogens with zero attached hydrogens (tertiary/aromatic N) is 4. The molecule has 34 heavy (non-hydrogen) atoms. The molecular weight excluding hydrogens is 455 g/mol. The Morgan fingerprint density at radius 2 is 1.91 bits per heavy atom. The molecule has 1 aliphatic carbocycles. The molecule has 2 fully saturated rings. The Balaban J connectivity index is 0.000000248. The maximum Gasteiger partial charge on any atom is 0.152 e. The lowest BCUT2D eigenvalue weighted by Crippen LogP contribution is -2.33. The number of allylic oxidation sites excluding steroid dienone is 3. The number of nitrogens with one attached hydrogen (secondary N) is 2. The molecule has 7 nitrogen and oxygen atoms in total. The second-order valence-corrected chi connectivity index (χ2v) is 8.62. The molecule has 1 heterocycles. The smallest absolute Gasteiger partial charge is 0.152 e. The van der Waals surface area contributed by atoms with E-state index in [1.807, 2.05) is 13.0 Å². The maximum absolute atomic E-state index is 13.4. The average molecular weight is 491 g/mol. The molecule has 1 saturated carbocycles. The monoisotopic (exact) mass is 490 g/mol. The average Bonchev–Trinajstić information content (AvgIpc) is 3.70. The van der Waals surface area contributed by atoms with Crippen molar-refractivity contribution in [1.82, 2.24) is 4.90 Å². The molecular formula is C25H36ClFN6O. The standard InChI is InChI=1S/C16H25ClN2.C9H11FN4O/c1-3-5-16(18-12-15(17)4-2)19-10-8-14(9-11-19)13-6-7-13;1-2-15-7-3-4-9(8(10)5-7)14(6-11)13-12/h4-5,12-14H,3,6-11H2,1-2H3;3-6,11-12H,2H2,1H3/b15-4+,16-5-,18-12-;. The first-order valence-corrected chi connectivity index (χ1v) is 12.3. The van der Waals surface area contributed by atoms with Gasteiger partial charge in [-0.1, -0.05) is 29.8 Å². The number of hydrogen-bond donors (Lipinski definition) is 2. The minimum Gasteiger partial charge on any atom is -0.494 e. The summed E-state index contributed by atoms with van der Waals surface area (Å²) < 4.78 is 18.5. The number of piperidine rings is 1. The van der Waals surface area contributed by atoms with Gasteiger partial charge in [0.1, 0.15) is 23.6 Å². The molecule has 0 amide bonds. The summed E-state index contributed by atoms with van der Waals surface area (Å²) in [6, 6.07) is 4.16. The van der Waals surface area contributed by atoms with Gasteiger partial charge in [-0.05, 0) is 76.0 Å². The Morgan fingerprint density at radius 1 is 1.24 bits per heavy atom. The SMILES string of the molecule is CCOc1ccc(N(C=N)N=N)c(F)c1.C\C=C(Cl)/C=N\C(=C\CC)N1CCC(C2CC2)CC1. The van der Waals surface area contributed by atoms with E-state index >= 15 is 0 Å². The number of likely N-dealkylation sites (tertiary alicyclic amines) is 1. The molecule has 186 valence electrons. The van der Waals surface area contributed by atoms with Gasteiger partial charge in [-0.25, -0.2) is 14.4 Å². The van der Waals surface area contributed by atoms with E-state index in [4.69, 9.17) is 27.3 Å². The molecule has 0 atom stereocenters. The van der Waals surface area contributed by atoms with Crippen molar-refractivity contribution < 1.29 is 9.13 Å². The predicted octanol–water partition coefficient (Wildman–Crippen LogP) is 7.16. The van der Waals surface area contributed by atoms with Crippen LogP contribution in [0, 0.1) is 28.6 Å². The Morgan fingerprint density at radius 3 is 2.41 bits per heavy atom. The summed E-state index contributed by atoms with van der Waals surface area (Å²) in [6.45, 7) is 8.64. The molecule has 0 aromatic heterocycles. The van der Waals surface area contributed by atoms with Gasteiger partial charge in [0.2, 0.25) is 0 Å². The van der Waals surface area contributed by atoms with Gasteiger partial charge in [-0.3, -0.25) is 5.41 Å². The summed E-state index contributed by atoms with van der Waals surface area (Å²) in [6.07, 6.45) is 13.2. The minimum atomic E-state index is -0.583. The maximum atomic E-state index is 13.4. The van der Waals surface area contributed by atoms with E-state index in [-0.39, 0.29) is 5.69 Å². The van der Waals surface area contributed by atoms with Gasteiger partial charge in [-0.15, -0.1) is 0 Å². The Bertz CT molecular complexity index is 883. The first-order valence-electron chi connectivity index (χ1n) is 11.9. The highest BCUT2D eigenvalue weighted by molar-refractivity contribution is 6.39. The highest BCUT2D eigenvalue weighted by Gasteiger charge is 2.33. The zero-order valence-electron chi connectivity index (χ0n) is 20.3. The van der Waals surface area contributed by atoms with Crippen LogP contribution in [0.4, 0.5) is 10.1 Å². The van der Waals surface area contributed by atoms with E-state index in [1.54, 1.807) is 19.2 Å². The first-order chi connectivity index (χ1) is 16.5. The molecule has 3 rings (SSSR count). The zero-order valence-corrected chi connectivity index (χ0v) is 21.1. The Hall–Kier alpha value is -2.74. The van der Waals surface area contributed by atoms with Gasteiger partial charge < -0.3 is 9.64 Å². The van der Waals surface area contributed by atoms with E-state index in [2.05, 4.69) is 28.1 Å². The zero-order chi connectivity index (χ0) is 24.9. The van der Waals surface area contributed by atoms with Crippen LogP contribution >= 0.6 is 11.6 Å². The topological polar surface area (TPSA) is 88.1 Å². The number of aliphatic imine (C=N–C) groups is 1. The van der Waals surface area contributed by atoms with Gasteiger partial charge >= 0.3 is 0 Å². The lowest BCUT2D eigenvalue weighted by atomic mass is 9.92. The van der Waals surface area contributed by atoms with E-state index in [1.165, 1.54) is 37.8 Å². The molecule has 0 radical (unpaired) electrons. The fourth-order valence-electron chi connectivity index (χ4n) is 3.90. The van der Waals surface area contributed by atoms with Crippen molar-refractivity contribution in [1.29, 1.82) is 10.9 Å². The van der Waals surface area contributed by atoms with Crippen molar-refractivity contribution in [2.75, 3.05) is 24.7 Å². The predicted molar refractivity (Wildman–Crippen MR) is 137 cm³/mol. The van der Waals surface area contributed by atoms with Crippen LogP contribution in [0.2, 0.25) is 0 Å². The Kier molecular flexibility index (Phi) is 11.7. The Labute approximate surface area is 207 Å². The number of halogens is 2. The third kappa shape index (κ3) is 8.56. The third-order valence-electron chi connectivity index (χ3n) is 5.84. The number of hydrogen-bond acceptors (Lipinski definition) is 6. The van der Waals surface area contributed by atoms with Crippen LogP contribution < -0.4 is 9.75 Å². The van der Waals surface area contributed by atoms with Crippen molar-refractivity contribution >= 4 is 29.8 Å². The van der Waals surface area contributed by atoms with E-state index < -0.39 is 5.82 Å². The summed E-state index contributed by atoms with van der Waals surface area (Å²) in [5.41, 5.74) is 6.78. The lowest BCUT2D eigenvalue weighted by molar-refractivity contribution is 0.209. The molecule has 0 spiro atoms. The van der Waals surface area contributed by atoms with Gasteiger partial charge in [0.15, 0.2) is 5.82 Å². The largest absolute Gasteiger partial charge is 0.494 e. The van der Waals surface area contributed by atoms with Crippen molar-refractivity contribution in [2.24, 2.45) is 22.1 Å². The van der Waals surface area contributed by atoms with Gasteiger partial charge in [-0.2, -0.15) is 5.53 Å². The molecule has 2 N–H and O–H groups in total. The van der Waals surface area contributed by atoms with Crippen molar-refractivity contribution in [2.45, 2.75) is 52.9 Å². The number of ether oxygens (including phenoxy) is 1. The molecule has 1 aromatic rings. The summed E-state index contributed by atoms with van der Waals surface area (Å²) in [4.78, 5) is 6.97. The van der Waals surface area contributed by atoms with E-state index in [0.29, 0.717) is 17.4 Å². The van der Waals surface area contributed by atoms with Crippen LogP contribution in [-0.2, 0) is 0 Å². The van der Waals surface area contributed by atoms with Crippen LogP contribution in [0.25, 0.3) is 0 Å². The second-order valence-electron chi connectivity index (χ2n) is 8.18. The van der Waals surface area contributed by atoms with Crippen molar-refractivity contribution in [3.8, 4) is 5.75 Å². The van der Waals surface area contributed by atoms with Crippen LogP contribution in [0.1, 0.15) is 52.9 Å². The quantitative estimate of drug-likeness (QED) is 0.158. The van der Waals surface area contributed by atoms with Gasteiger partial charge in [0.25, 0.3) is 0 Å². The summed E-state index contributed by atoms with van der Waals surface area (Å²) >= 11 is 5.99. The highest BCUT2D eigenvalue weighted by Crippen LogP contribution is 2.42. The van der Waals surface area contributed by atoms with Gasteiger partial charge in [0.05, 0.1) is 11.6 Å². The molecule has 1 aliphatic heterocycles. The number of rotatable bonds is 10. The van der Waals surface area contributed by atoms with Gasteiger partial charge in [0, 0.05) is 25.4 Å². The molecule has 2 aliphatic rings. The summed E-state index contributed by atoms with van der Waals surface area (Å²) in [5.74, 6) is 2.94. The highest BCUT2D eigenvalue weighted by atomic mass is 35.5. The fraction of sp³-hybridized carbons (Fsp3) is 0.520. The van der Waals surface area contributed by atoms with Crippen LogP contribution in [0.3, 0.4) is 0 Å². The van der Waals surface area contributed by atoms with E-state index in [9.17, 15) is 4.39 Å². The van der Waals surface area contributed by atoms with Crippen LogP contribution in [-0.4, -0.2) is 37.1 Å². The van der Waals surface area contributed by atoms with E-state index in [0.717, 1.165) is 48.5 Å². The number of anilines is 1. The summed E-state index contributed by atoms with van der Waals surface area (Å²) in [7, 11) is 0. The normalized spacial score (nSPS) is 17.3. The third-order valence-corrected chi connectivity index (χ3v) is 6.16. The molecule has 0 unspecified atom stereocenters.